The number of ether oxygens (including phenoxy) is 2. The molecule has 296 valence electrons. The third-order valence-electron chi connectivity index (χ3n) is 7.26. The first-order valence-electron chi connectivity index (χ1n) is 20.5. The largest absolute Gasteiger partial charge is 0.466 e. The van der Waals surface area contributed by atoms with Gasteiger partial charge in [-0.1, -0.05) is 128 Å². The maximum absolute atomic E-state index is 10.4. The fourth-order valence-corrected chi connectivity index (χ4v) is 4.14. The van der Waals surface area contributed by atoms with Crippen LogP contribution >= 0.6 is 0 Å². The number of esters is 2. The van der Waals surface area contributed by atoms with Gasteiger partial charge in [0.15, 0.2) is 0 Å². The van der Waals surface area contributed by atoms with Gasteiger partial charge in [0, 0.05) is 27.1 Å². The Hall–Kier alpha value is -2.18. The summed E-state index contributed by atoms with van der Waals surface area (Å²) in [4.78, 5) is 20.8. The van der Waals surface area contributed by atoms with Crippen LogP contribution in [0.15, 0.2) is 48.6 Å². The highest BCUT2D eigenvalue weighted by Crippen LogP contribution is 2.03. The third kappa shape index (κ3) is 71.7. The Morgan fingerprint density at radius 3 is 0.800 bits per heavy atom. The molecule has 2 N–H and O–H groups in total. The number of hydrogen-bond acceptors (Lipinski definition) is 6. The maximum Gasteiger partial charge on any atom is 0.302 e. The summed E-state index contributed by atoms with van der Waals surface area (Å²) in [6, 6.07) is 0. The quantitative estimate of drug-likeness (QED) is 0.0438. The van der Waals surface area contributed by atoms with E-state index >= 15 is 0 Å². The van der Waals surface area contributed by atoms with E-state index in [0.29, 0.717) is 26.4 Å². The number of rotatable bonds is 30. The molecular formula is C44H84O6. The molecule has 0 aromatic heterocycles. The highest BCUT2D eigenvalue weighted by molar-refractivity contribution is 5.66. The molecule has 0 saturated carbocycles. The van der Waals surface area contributed by atoms with Gasteiger partial charge in [-0.15, -0.1) is 0 Å². The molecule has 0 rings (SSSR count). The number of carbonyl (C=O) groups excluding carboxylic acids is 2. The van der Waals surface area contributed by atoms with Crippen LogP contribution in [0.5, 0.6) is 0 Å². The highest BCUT2D eigenvalue weighted by atomic mass is 16.5. The van der Waals surface area contributed by atoms with Crippen LogP contribution in [0.25, 0.3) is 0 Å². The lowest BCUT2D eigenvalue weighted by Crippen LogP contribution is -1.99. The number of unbranched alkanes of at least 4 members (excludes halogenated alkanes) is 16. The summed E-state index contributed by atoms with van der Waals surface area (Å²) in [5.41, 5.74) is 0. The van der Waals surface area contributed by atoms with Gasteiger partial charge in [0.1, 0.15) is 0 Å². The van der Waals surface area contributed by atoms with Crippen LogP contribution in [-0.2, 0) is 19.1 Å². The summed E-state index contributed by atoms with van der Waals surface area (Å²) in [6.45, 7) is 13.5. The van der Waals surface area contributed by atoms with Gasteiger partial charge in [0.2, 0.25) is 0 Å². The standard InChI is InChI=1S/2C12H22O2.2C10H20O/c2*1-3-4-5-6-7-8-9-10-11-14-12(2)13;2*1-2-3-4-5-6-7-8-9-10-11/h2*6-7H,3-5,8-11H2,1-2H3;2*5-6,11H,2-4,7-10H2,1H3/b7-6+;7-6-;6-5+;6-5-. The van der Waals surface area contributed by atoms with Crippen LogP contribution in [0, 0.1) is 0 Å². The van der Waals surface area contributed by atoms with Crippen molar-refractivity contribution in [2.24, 2.45) is 0 Å². The second kappa shape index (κ2) is 56.2. The predicted molar refractivity (Wildman–Crippen MR) is 218 cm³/mol. The first kappa shape index (κ1) is 54.6. The third-order valence-corrected chi connectivity index (χ3v) is 7.26. The van der Waals surface area contributed by atoms with Gasteiger partial charge < -0.3 is 19.7 Å². The molecule has 0 aromatic rings. The Kier molecular flexibility index (Phi) is 61.4. The lowest BCUT2D eigenvalue weighted by molar-refractivity contribution is -0.142. The summed E-state index contributed by atoms with van der Waals surface area (Å²) in [5, 5.41) is 17.0. The Morgan fingerprint density at radius 1 is 0.380 bits per heavy atom. The average molecular weight is 709 g/mol. The Morgan fingerprint density at radius 2 is 0.600 bits per heavy atom. The van der Waals surface area contributed by atoms with Gasteiger partial charge >= 0.3 is 11.9 Å². The summed E-state index contributed by atoms with van der Waals surface area (Å²) in [6.07, 6.45) is 45.7. The molecule has 0 aliphatic rings. The number of allylic oxidation sites excluding steroid dienone is 8. The van der Waals surface area contributed by atoms with Gasteiger partial charge in [0.05, 0.1) is 13.2 Å². The van der Waals surface area contributed by atoms with Crippen molar-refractivity contribution in [2.75, 3.05) is 26.4 Å². The molecule has 0 amide bonds. The van der Waals surface area contributed by atoms with E-state index in [2.05, 4.69) is 76.3 Å². The van der Waals surface area contributed by atoms with E-state index in [4.69, 9.17) is 19.7 Å². The molecule has 0 saturated heterocycles. The van der Waals surface area contributed by atoms with Crippen LogP contribution in [0.2, 0.25) is 0 Å². The molecule has 0 unspecified atom stereocenters. The second-order valence-electron chi connectivity index (χ2n) is 12.6. The van der Waals surface area contributed by atoms with Crippen molar-refractivity contribution < 1.29 is 29.3 Å². The SMILES string of the molecule is CCCC/C=C/CCCCO.CCCC/C=C/CCCCOC(C)=O.CCCC/C=C\CCCCO.CCCC/C=C\CCCCOC(C)=O. The van der Waals surface area contributed by atoms with Crippen molar-refractivity contribution in [3.8, 4) is 0 Å². The average Bonchev–Trinajstić information content (AvgIpc) is 3.10. The molecule has 0 fully saturated rings. The van der Waals surface area contributed by atoms with Crippen LogP contribution in [0.1, 0.15) is 196 Å². The van der Waals surface area contributed by atoms with Crippen LogP contribution < -0.4 is 0 Å². The molecule has 0 radical (unpaired) electrons. The Bertz CT molecular complexity index is 679. The van der Waals surface area contributed by atoms with Gasteiger partial charge in [0.25, 0.3) is 0 Å². The minimum atomic E-state index is -0.177. The number of carbonyl (C=O) groups is 2. The van der Waals surface area contributed by atoms with E-state index in [1.807, 2.05) is 0 Å². The number of hydrogen-bond donors (Lipinski definition) is 2. The molecule has 0 bridgehead atoms. The van der Waals surface area contributed by atoms with E-state index in [9.17, 15) is 9.59 Å². The van der Waals surface area contributed by atoms with Gasteiger partial charge in [-0.25, -0.2) is 0 Å². The molecule has 0 aromatic carbocycles. The zero-order valence-electron chi connectivity index (χ0n) is 33.9. The zero-order valence-corrected chi connectivity index (χ0v) is 33.9. The van der Waals surface area contributed by atoms with Crippen molar-refractivity contribution >= 4 is 11.9 Å². The monoisotopic (exact) mass is 709 g/mol. The molecule has 0 aliphatic carbocycles. The summed E-state index contributed by atoms with van der Waals surface area (Å²) in [5.74, 6) is -0.355. The molecule has 6 heteroatoms. The molecule has 6 nitrogen and oxygen atoms in total. The van der Waals surface area contributed by atoms with E-state index < -0.39 is 0 Å². The van der Waals surface area contributed by atoms with Crippen molar-refractivity contribution in [1.82, 2.24) is 0 Å². The maximum atomic E-state index is 10.4. The van der Waals surface area contributed by atoms with Gasteiger partial charge in [-0.05, 0) is 103 Å². The van der Waals surface area contributed by atoms with Crippen molar-refractivity contribution in [1.29, 1.82) is 0 Å². The van der Waals surface area contributed by atoms with Crippen molar-refractivity contribution in [3.05, 3.63) is 48.6 Å². The predicted octanol–water partition coefficient (Wildman–Crippen LogP) is 12.7. The fourth-order valence-electron chi connectivity index (χ4n) is 4.14. The van der Waals surface area contributed by atoms with E-state index in [1.54, 1.807) is 0 Å². The van der Waals surface area contributed by atoms with Gasteiger partial charge in [-0.2, -0.15) is 0 Å². The van der Waals surface area contributed by atoms with Crippen molar-refractivity contribution in [3.63, 3.8) is 0 Å². The first-order valence-corrected chi connectivity index (χ1v) is 20.5. The van der Waals surface area contributed by atoms with Crippen LogP contribution in [-0.4, -0.2) is 48.6 Å². The Labute approximate surface area is 311 Å². The summed E-state index contributed by atoms with van der Waals surface area (Å²) < 4.78 is 9.65. The van der Waals surface area contributed by atoms with E-state index in [0.717, 1.165) is 77.0 Å². The first-order chi connectivity index (χ1) is 24.4. The Balaban J connectivity index is -0.000000284. The molecule has 0 aliphatic heterocycles. The molecular weight excluding hydrogens is 624 g/mol. The minimum absolute atomic E-state index is 0.177. The molecule has 0 atom stereocenters. The van der Waals surface area contributed by atoms with Crippen LogP contribution in [0.3, 0.4) is 0 Å². The lowest BCUT2D eigenvalue weighted by Gasteiger charge is -1.99. The summed E-state index contributed by atoms with van der Waals surface area (Å²) >= 11 is 0. The van der Waals surface area contributed by atoms with E-state index in [-0.39, 0.29) is 11.9 Å². The van der Waals surface area contributed by atoms with Crippen molar-refractivity contribution in [2.45, 2.75) is 196 Å². The number of aliphatic hydroxyl groups is 2. The topological polar surface area (TPSA) is 93.1 Å². The normalized spacial score (nSPS) is 10.9. The zero-order chi connectivity index (χ0) is 38.0. The lowest BCUT2D eigenvalue weighted by atomic mass is 10.2. The molecule has 0 heterocycles. The van der Waals surface area contributed by atoms with Crippen LogP contribution in [0.4, 0.5) is 0 Å². The summed E-state index contributed by atoms with van der Waals surface area (Å²) in [7, 11) is 0. The minimum Gasteiger partial charge on any atom is -0.466 e. The van der Waals surface area contributed by atoms with Gasteiger partial charge in [-0.3, -0.25) is 9.59 Å². The highest BCUT2D eigenvalue weighted by Gasteiger charge is 1.92. The fraction of sp³-hybridized carbons (Fsp3) is 0.773. The van der Waals surface area contributed by atoms with E-state index in [1.165, 1.54) is 90.9 Å². The molecule has 50 heavy (non-hydrogen) atoms. The molecule has 0 spiro atoms. The smallest absolute Gasteiger partial charge is 0.302 e. The second-order valence-corrected chi connectivity index (χ2v) is 12.6. The number of aliphatic hydroxyl groups excluding tert-OH is 2.